The summed E-state index contributed by atoms with van der Waals surface area (Å²) in [4.78, 5) is 22.9. The highest BCUT2D eigenvalue weighted by atomic mass is 16.5. The number of aromatic nitrogens is 4. The Morgan fingerprint density at radius 1 is 1.22 bits per heavy atom. The van der Waals surface area contributed by atoms with E-state index in [9.17, 15) is 4.79 Å². The first-order valence-corrected chi connectivity index (χ1v) is 8.83. The maximum Gasteiger partial charge on any atom is 0.254 e. The van der Waals surface area contributed by atoms with Crippen LogP contribution in [0.3, 0.4) is 0 Å². The van der Waals surface area contributed by atoms with Crippen LogP contribution in [-0.4, -0.2) is 44.0 Å². The Hall–Kier alpha value is -3.16. The van der Waals surface area contributed by atoms with Gasteiger partial charge in [0.05, 0.1) is 13.0 Å². The van der Waals surface area contributed by atoms with E-state index in [4.69, 9.17) is 10.5 Å². The molecule has 8 heteroatoms. The van der Waals surface area contributed by atoms with Crippen LogP contribution in [0.5, 0.6) is 5.75 Å². The second-order valence-electron chi connectivity index (χ2n) is 6.45. The lowest BCUT2D eigenvalue weighted by Crippen LogP contribution is -2.28. The zero-order valence-electron chi connectivity index (χ0n) is 16.1. The fraction of sp³-hybridized carbons (Fsp3) is 0.368. The van der Waals surface area contributed by atoms with Crippen LogP contribution in [0.4, 0.5) is 5.95 Å². The molecule has 0 saturated carbocycles. The summed E-state index contributed by atoms with van der Waals surface area (Å²) < 4.78 is 7.03. The fourth-order valence-corrected chi connectivity index (χ4v) is 2.99. The number of hydrogen-bond acceptors (Lipinski definition) is 6. The molecule has 1 aromatic carbocycles. The first-order chi connectivity index (χ1) is 12.9. The maximum atomic E-state index is 12.7. The third kappa shape index (κ3) is 3.99. The summed E-state index contributed by atoms with van der Waals surface area (Å²) in [6.07, 6.45) is 0.244. The third-order valence-corrected chi connectivity index (χ3v) is 4.47. The van der Waals surface area contributed by atoms with Gasteiger partial charge in [-0.3, -0.25) is 4.79 Å². The van der Waals surface area contributed by atoms with Crippen molar-refractivity contribution in [3.05, 3.63) is 46.8 Å². The summed E-state index contributed by atoms with van der Waals surface area (Å²) in [5.74, 6) is 1.44. The minimum atomic E-state index is 0.00400. The number of likely N-dealkylation sites (N-methyl/N-ethyl adjacent to an activating group) is 1. The molecule has 142 valence electrons. The molecule has 0 saturated heterocycles. The largest absolute Gasteiger partial charge is 0.494 e. The lowest BCUT2D eigenvalue weighted by atomic mass is 10.1. The number of hydrogen-bond donors (Lipinski definition) is 1. The van der Waals surface area contributed by atoms with Crippen molar-refractivity contribution in [3.8, 4) is 5.75 Å². The molecule has 2 N–H and O–H groups in total. The van der Waals surface area contributed by atoms with Gasteiger partial charge in [-0.1, -0.05) is 12.1 Å². The normalized spacial score (nSPS) is 11.0. The van der Waals surface area contributed by atoms with Crippen LogP contribution in [0.25, 0.3) is 5.78 Å². The topological polar surface area (TPSA) is 98.6 Å². The molecule has 0 atom stereocenters. The summed E-state index contributed by atoms with van der Waals surface area (Å²) in [6.45, 7) is 6.86. The molecule has 0 fully saturated rings. The molecular formula is C19H24N6O2. The number of aryl methyl sites for hydroxylation is 2. The molecule has 0 aliphatic heterocycles. The standard InChI is InChI=1S/C19H24N6O2/c1-5-27-15-8-6-14(7-9-15)11-24(4)17(26)10-16-12(2)21-19-22-18(20)23-25(19)13(16)3/h6-9H,5,10-11H2,1-4H3,(H2,20,23). The molecule has 1 amide bonds. The van der Waals surface area contributed by atoms with Crippen LogP contribution in [0.15, 0.2) is 24.3 Å². The fourth-order valence-electron chi connectivity index (χ4n) is 2.99. The Labute approximate surface area is 158 Å². The van der Waals surface area contributed by atoms with E-state index in [0.29, 0.717) is 18.9 Å². The van der Waals surface area contributed by atoms with Gasteiger partial charge in [0.15, 0.2) is 0 Å². The van der Waals surface area contributed by atoms with E-state index >= 15 is 0 Å². The van der Waals surface area contributed by atoms with Crippen molar-refractivity contribution >= 4 is 17.6 Å². The van der Waals surface area contributed by atoms with E-state index in [1.807, 2.05) is 45.0 Å². The van der Waals surface area contributed by atoms with E-state index in [-0.39, 0.29) is 18.3 Å². The van der Waals surface area contributed by atoms with Gasteiger partial charge in [-0.15, -0.1) is 5.10 Å². The average molecular weight is 368 g/mol. The molecule has 3 aromatic rings. The van der Waals surface area contributed by atoms with Crippen molar-refractivity contribution in [2.24, 2.45) is 0 Å². The molecule has 27 heavy (non-hydrogen) atoms. The number of ether oxygens (including phenoxy) is 1. The number of nitrogens with zero attached hydrogens (tertiary/aromatic N) is 5. The molecule has 0 bridgehead atoms. The van der Waals surface area contributed by atoms with Crippen molar-refractivity contribution in [2.45, 2.75) is 33.7 Å². The Kier molecular flexibility index (Phi) is 5.25. The van der Waals surface area contributed by atoms with Crippen molar-refractivity contribution in [1.82, 2.24) is 24.5 Å². The Morgan fingerprint density at radius 3 is 2.59 bits per heavy atom. The van der Waals surface area contributed by atoms with E-state index in [0.717, 1.165) is 28.3 Å². The minimum absolute atomic E-state index is 0.00400. The zero-order valence-corrected chi connectivity index (χ0v) is 16.1. The number of benzene rings is 1. The first kappa shape index (κ1) is 18.6. The van der Waals surface area contributed by atoms with Gasteiger partial charge < -0.3 is 15.4 Å². The molecule has 0 unspecified atom stereocenters. The van der Waals surface area contributed by atoms with Crippen molar-refractivity contribution in [3.63, 3.8) is 0 Å². The second-order valence-corrected chi connectivity index (χ2v) is 6.45. The predicted molar refractivity (Wildman–Crippen MR) is 102 cm³/mol. The minimum Gasteiger partial charge on any atom is -0.494 e. The highest BCUT2D eigenvalue weighted by Gasteiger charge is 2.17. The van der Waals surface area contributed by atoms with E-state index < -0.39 is 0 Å². The molecule has 0 aliphatic carbocycles. The summed E-state index contributed by atoms with van der Waals surface area (Å²) >= 11 is 0. The zero-order chi connectivity index (χ0) is 19.6. The molecule has 2 aromatic heterocycles. The van der Waals surface area contributed by atoms with Gasteiger partial charge in [0, 0.05) is 30.5 Å². The van der Waals surface area contributed by atoms with Crippen molar-refractivity contribution < 1.29 is 9.53 Å². The molecule has 0 aliphatic rings. The molecule has 0 spiro atoms. The number of nitrogen functional groups attached to an aromatic ring is 1. The third-order valence-electron chi connectivity index (χ3n) is 4.47. The van der Waals surface area contributed by atoms with E-state index in [1.165, 1.54) is 0 Å². The predicted octanol–water partition coefficient (Wildman–Crippen LogP) is 1.92. The van der Waals surface area contributed by atoms with Gasteiger partial charge in [0.2, 0.25) is 11.9 Å². The lowest BCUT2D eigenvalue weighted by Gasteiger charge is -2.19. The number of nitrogens with two attached hydrogens (primary N) is 1. The van der Waals surface area contributed by atoms with Crippen LogP contribution in [0.2, 0.25) is 0 Å². The maximum absolute atomic E-state index is 12.7. The number of carbonyl (C=O) groups excluding carboxylic acids is 1. The monoisotopic (exact) mass is 368 g/mol. The molecule has 0 radical (unpaired) electrons. The van der Waals surface area contributed by atoms with Gasteiger partial charge in [-0.05, 0) is 38.5 Å². The van der Waals surface area contributed by atoms with Gasteiger partial charge >= 0.3 is 0 Å². The highest BCUT2D eigenvalue weighted by Crippen LogP contribution is 2.17. The highest BCUT2D eigenvalue weighted by molar-refractivity contribution is 5.79. The quantitative estimate of drug-likeness (QED) is 0.714. The number of carbonyl (C=O) groups is 1. The van der Waals surface area contributed by atoms with E-state index in [1.54, 1.807) is 16.5 Å². The van der Waals surface area contributed by atoms with Gasteiger partial charge in [0.1, 0.15) is 5.75 Å². The van der Waals surface area contributed by atoms with Crippen LogP contribution in [0.1, 0.15) is 29.4 Å². The number of anilines is 1. The van der Waals surface area contributed by atoms with Crippen LogP contribution in [0, 0.1) is 13.8 Å². The lowest BCUT2D eigenvalue weighted by molar-refractivity contribution is -0.129. The van der Waals surface area contributed by atoms with Gasteiger partial charge in [-0.25, -0.2) is 4.98 Å². The Bertz CT molecular complexity index is 964. The van der Waals surface area contributed by atoms with Crippen LogP contribution >= 0.6 is 0 Å². The van der Waals surface area contributed by atoms with Crippen molar-refractivity contribution in [2.75, 3.05) is 19.4 Å². The van der Waals surface area contributed by atoms with Crippen LogP contribution < -0.4 is 10.5 Å². The van der Waals surface area contributed by atoms with Gasteiger partial charge in [-0.2, -0.15) is 9.50 Å². The SMILES string of the molecule is CCOc1ccc(CN(C)C(=O)Cc2c(C)nc3nc(N)nn3c2C)cc1. The van der Waals surface area contributed by atoms with Crippen molar-refractivity contribution in [1.29, 1.82) is 0 Å². The Morgan fingerprint density at radius 2 is 1.93 bits per heavy atom. The number of amides is 1. The molecule has 8 nitrogen and oxygen atoms in total. The van der Waals surface area contributed by atoms with Crippen LogP contribution in [-0.2, 0) is 17.8 Å². The Balaban J connectivity index is 1.73. The molecular weight excluding hydrogens is 344 g/mol. The number of rotatable bonds is 6. The average Bonchev–Trinajstić information content (AvgIpc) is 3.00. The summed E-state index contributed by atoms with van der Waals surface area (Å²) in [6, 6.07) is 7.77. The summed E-state index contributed by atoms with van der Waals surface area (Å²) in [5.41, 5.74) is 9.13. The number of fused-ring (bicyclic) bond motifs is 1. The summed E-state index contributed by atoms with van der Waals surface area (Å²) in [7, 11) is 1.79. The molecule has 2 heterocycles. The smallest absolute Gasteiger partial charge is 0.254 e. The second kappa shape index (κ2) is 7.61. The van der Waals surface area contributed by atoms with Gasteiger partial charge in [0.25, 0.3) is 5.78 Å². The first-order valence-electron chi connectivity index (χ1n) is 8.83. The summed E-state index contributed by atoms with van der Waals surface area (Å²) in [5, 5.41) is 4.14. The molecule has 3 rings (SSSR count). The van der Waals surface area contributed by atoms with E-state index in [2.05, 4.69) is 15.1 Å².